The highest BCUT2D eigenvalue weighted by Gasteiger charge is 2.29. The zero-order chi connectivity index (χ0) is 12.3. The maximum absolute atomic E-state index is 12.8. The summed E-state index contributed by atoms with van der Waals surface area (Å²) in [6.45, 7) is 2.03. The second-order valence-electron chi connectivity index (χ2n) is 3.60. The molecule has 0 unspecified atom stereocenters. The Labute approximate surface area is 90.3 Å². The molecule has 16 heavy (non-hydrogen) atoms. The van der Waals surface area contributed by atoms with E-state index in [2.05, 4.69) is 9.72 Å². The number of alkyl halides is 3. The number of hydrogen-bond donors (Lipinski definition) is 0. The Morgan fingerprint density at radius 2 is 2.00 bits per heavy atom. The van der Waals surface area contributed by atoms with Crippen molar-refractivity contribution in [2.45, 2.75) is 25.9 Å². The van der Waals surface area contributed by atoms with Gasteiger partial charge in [0, 0.05) is 6.07 Å². The number of nitrogens with zero attached hydrogens (tertiary/aromatic N) is 1. The van der Waals surface area contributed by atoms with Crippen LogP contribution in [0.5, 0.6) is 5.75 Å². The number of rotatable bonds is 3. The van der Waals surface area contributed by atoms with E-state index in [1.807, 2.05) is 0 Å². The minimum absolute atomic E-state index is 0.135. The van der Waals surface area contributed by atoms with Gasteiger partial charge in [-0.3, -0.25) is 4.98 Å². The van der Waals surface area contributed by atoms with Gasteiger partial charge < -0.3 is 4.74 Å². The van der Waals surface area contributed by atoms with Crippen LogP contribution in [0.3, 0.4) is 0 Å². The van der Waals surface area contributed by atoms with Crippen LogP contribution in [-0.2, 0) is 0 Å². The van der Waals surface area contributed by atoms with Crippen molar-refractivity contribution in [1.29, 1.82) is 0 Å². The lowest BCUT2D eigenvalue weighted by atomic mass is 10.1. The third-order valence-electron chi connectivity index (χ3n) is 1.79. The molecule has 0 radical (unpaired) electrons. The largest absolute Gasteiger partial charge is 0.482 e. The van der Waals surface area contributed by atoms with Crippen molar-refractivity contribution in [1.82, 2.24) is 4.98 Å². The number of halogens is 4. The zero-order valence-corrected chi connectivity index (χ0v) is 8.81. The summed E-state index contributed by atoms with van der Waals surface area (Å²) < 4.78 is 53.1. The quantitative estimate of drug-likeness (QED) is 0.752. The standard InChI is InChI=1S/C10H11F4NO/c1-6(2)9-8(3-7(11)4-15-9)16-5-10(12,13)14/h3-4,6H,5H2,1-2H3. The summed E-state index contributed by atoms with van der Waals surface area (Å²) in [6, 6.07) is 0.911. The summed E-state index contributed by atoms with van der Waals surface area (Å²) >= 11 is 0. The van der Waals surface area contributed by atoms with Crippen LogP contribution in [0.15, 0.2) is 12.3 Å². The summed E-state index contributed by atoms with van der Waals surface area (Å²) in [6.07, 6.45) is -3.49. The second kappa shape index (κ2) is 4.67. The molecule has 0 aliphatic carbocycles. The lowest BCUT2D eigenvalue weighted by Gasteiger charge is -2.14. The lowest BCUT2D eigenvalue weighted by molar-refractivity contribution is -0.153. The molecule has 0 saturated carbocycles. The number of ether oxygens (including phenoxy) is 1. The van der Waals surface area contributed by atoms with Gasteiger partial charge in [-0.05, 0) is 5.92 Å². The summed E-state index contributed by atoms with van der Waals surface area (Å²) in [4.78, 5) is 3.71. The Morgan fingerprint density at radius 1 is 1.38 bits per heavy atom. The van der Waals surface area contributed by atoms with Crippen molar-refractivity contribution in [3.8, 4) is 5.75 Å². The third kappa shape index (κ3) is 3.67. The first kappa shape index (κ1) is 12.7. The number of aromatic nitrogens is 1. The van der Waals surface area contributed by atoms with Gasteiger partial charge >= 0.3 is 6.18 Å². The first-order chi connectivity index (χ1) is 7.29. The molecule has 1 rings (SSSR count). The van der Waals surface area contributed by atoms with Gasteiger partial charge in [-0.2, -0.15) is 13.2 Å². The van der Waals surface area contributed by atoms with Gasteiger partial charge in [0.05, 0.1) is 11.9 Å². The molecule has 0 aromatic carbocycles. The summed E-state index contributed by atoms with van der Waals surface area (Å²) in [5, 5.41) is 0. The van der Waals surface area contributed by atoms with Gasteiger partial charge in [0.2, 0.25) is 0 Å². The van der Waals surface area contributed by atoms with Gasteiger partial charge in [0.1, 0.15) is 11.6 Å². The lowest BCUT2D eigenvalue weighted by Crippen LogP contribution is -2.20. The zero-order valence-electron chi connectivity index (χ0n) is 8.81. The molecule has 0 N–H and O–H groups in total. The fraction of sp³-hybridized carbons (Fsp3) is 0.500. The van der Waals surface area contributed by atoms with Crippen molar-refractivity contribution in [2.75, 3.05) is 6.61 Å². The van der Waals surface area contributed by atoms with E-state index >= 15 is 0 Å². The number of pyridine rings is 1. The molecule has 6 heteroatoms. The molecule has 0 fully saturated rings. The van der Waals surface area contributed by atoms with Crippen molar-refractivity contribution >= 4 is 0 Å². The molecule has 0 atom stereocenters. The highest BCUT2D eigenvalue weighted by atomic mass is 19.4. The van der Waals surface area contributed by atoms with E-state index in [1.165, 1.54) is 0 Å². The molecule has 1 aromatic heterocycles. The van der Waals surface area contributed by atoms with Crippen LogP contribution in [0.25, 0.3) is 0 Å². The van der Waals surface area contributed by atoms with E-state index in [4.69, 9.17) is 0 Å². The van der Waals surface area contributed by atoms with Crippen LogP contribution >= 0.6 is 0 Å². The molecular weight excluding hydrogens is 226 g/mol. The highest BCUT2D eigenvalue weighted by molar-refractivity contribution is 5.29. The van der Waals surface area contributed by atoms with Crippen molar-refractivity contribution < 1.29 is 22.3 Å². The molecule has 0 aliphatic rings. The molecule has 0 saturated heterocycles. The molecule has 1 heterocycles. The van der Waals surface area contributed by atoms with E-state index < -0.39 is 18.6 Å². The average Bonchev–Trinajstić information content (AvgIpc) is 2.13. The summed E-state index contributed by atoms with van der Waals surface area (Å²) in [5.74, 6) is -1.02. The fourth-order valence-corrected chi connectivity index (χ4v) is 1.14. The van der Waals surface area contributed by atoms with E-state index in [1.54, 1.807) is 13.8 Å². The van der Waals surface area contributed by atoms with E-state index in [0.29, 0.717) is 5.69 Å². The molecule has 90 valence electrons. The SMILES string of the molecule is CC(C)c1ncc(F)cc1OCC(F)(F)F. The molecular formula is C10H11F4NO. The van der Waals surface area contributed by atoms with Crippen LogP contribution in [0.2, 0.25) is 0 Å². The van der Waals surface area contributed by atoms with Crippen LogP contribution in [0.1, 0.15) is 25.5 Å². The smallest absolute Gasteiger partial charge is 0.422 e. The molecule has 0 spiro atoms. The van der Waals surface area contributed by atoms with Crippen LogP contribution in [0.4, 0.5) is 17.6 Å². The predicted molar refractivity (Wildman–Crippen MR) is 49.8 cm³/mol. The first-order valence-electron chi connectivity index (χ1n) is 4.64. The predicted octanol–water partition coefficient (Wildman–Crippen LogP) is 3.29. The van der Waals surface area contributed by atoms with Crippen LogP contribution in [-0.4, -0.2) is 17.8 Å². The molecule has 1 aromatic rings. The van der Waals surface area contributed by atoms with Crippen LogP contribution < -0.4 is 4.74 Å². The van der Waals surface area contributed by atoms with Crippen molar-refractivity contribution in [3.63, 3.8) is 0 Å². The van der Waals surface area contributed by atoms with Crippen molar-refractivity contribution in [2.24, 2.45) is 0 Å². The van der Waals surface area contributed by atoms with Gasteiger partial charge in [0.15, 0.2) is 6.61 Å². The van der Waals surface area contributed by atoms with Gasteiger partial charge in [-0.15, -0.1) is 0 Å². The van der Waals surface area contributed by atoms with E-state index in [0.717, 1.165) is 12.3 Å². The maximum Gasteiger partial charge on any atom is 0.422 e. The minimum atomic E-state index is -4.44. The second-order valence-corrected chi connectivity index (χ2v) is 3.60. The van der Waals surface area contributed by atoms with Gasteiger partial charge in [0.25, 0.3) is 0 Å². The summed E-state index contributed by atoms with van der Waals surface area (Å²) in [5.41, 5.74) is 0.311. The Hall–Kier alpha value is -1.33. The summed E-state index contributed by atoms with van der Waals surface area (Å²) in [7, 11) is 0. The highest BCUT2D eigenvalue weighted by Crippen LogP contribution is 2.26. The Balaban J connectivity index is 2.88. The number of hydrogen-bond acceptors (Lipinski definition) is 2. The monoisotopic (exact) mass is 237 g/mol. The third-order valence-corrected chi connectivity index (χ3v) is 1.79. The fourth-order valence-electron chi connectivity index (χ4n) is 1.14. The van der Waals surface area contributed by atoms with Gasteiger partial charge in [-0.25, -0.2) is 4.39 Å². The average molecular weight is 237 g/mol. The van der Waals surface area contributed by atoms with Crippen LogP contribution in [0, 0.1) is 5.82 Å². The Kier molecular flexibility index (Phi) is 3.72. The normalized spacial score (nSPS) is 11.9. The molecule has 0 bridgehead atoms. The molecule has 0 amide bonds. The van der Waals surface area contributed by atoms with E-state index in [9.17, 15) is 17.6 Å². The van der Waals surface area contributed by atoms with E-state index in [-0.39, 0.29) is 11.7 Å². The van der Waals surface area contributed by atoms with Crippen molar-refractivity contribution in [3.05, 3.63) is 23.8 Å². The Morgan fingerprint density at radius 3 is 2.50 bits per heavy atom. The molecule has 0 aliphatic heterocycles. The molecule has 2 nitrogen and oxygen atoms in total. The Bertz CT molecular complexity index is 362. The maximum atomic E-state index is 12.8. The van der Waals surface area contributed by atoms with Gasteiger partial charge in [-0.1, -0.05) is 13.8 Å². The minimum Gasteiger partial charge on any atom is -0.482 e. The first-order valence-corrected chi connectivity index (χ1v) is 4.64. The topological polar surface area (TPSA) is 22.1 Å².